The molecule has 27 heavy (non-hydrogen) atoms. The minimum Gasteiger partial charge on any atom is -0.495 e. The van der Waals surface area contributed by atoms with Crippen molar-refractivity contribution in [3.05, 3.63) is 36.7 Å². The highest BCUT2D eigenvalue weighted by Crippen LogP contribution is 2.26. The van der Waals surface area contributed by atoms with E-state index in [0.29, 0.717) is 30.7 Å². The third-order valence-corrected chi connectivity index (χ3v) is 4.18. The molecule has 1 aliphatic heterocycles. The van der Waals surface area contributed by atoms with Crippen molar-refractivity contribution >= 4 is 23.4 Å². The summed E-state index contributed by atoms with van der Waals surface area (Å²) in [6.45, 7) is 2.92. The molecule has 0 amide bonds. The van der Waals surface area contributed by atoms with E-state index >= 15 is 0 Å². The zero-order chi connectivity index (χ0) is 18.6. The highest BCUT2D eigenvalue weighted by atomic mass is 16.5. The van der Waals surface area contributed by atoms with Gasteiger partial charge in [-0.1, -0.05) is 12.1 Å². The second kappa shape index (κ2) is 7.46. The lowest BCUT2D eigenvalue weighted by Crippen LogP contribution is -2.36. The number of nitrogens with two attached hydrogens (primary N) is 1. The fourth-order valence-corrected chi connectivity index (χ4v) is 2.83. The van der Waals surface area contributed by atoms with Gasteiger partial charge in [-0.05, 0) is 12.1 Å². The van der Waals surface area contributed by atoms with E-state index < -0.39 is 0 Å². The van der Waals surface area contributed by atoms with Gasteiger partial charge >= 0.3 is 0 Å². The van der Waals surface area contributed by atoms with Crippen LogP contribution in [0.4, 0.5) is 23.4 Å². The van der Waals surface area contributed by atoms with Crippen LogP contribution in [0.5, 0.6) is 5.75 Å². The summed E-state index contributed by atoms with van der Waals surface area (Å²) in [5, 5.41) is 7.53. The predicted molar refractivity (Wildman–Crippen MR) is 101 cm³/mol. The number of aromatic nitrogens is 5. The van der Waals surface area contributed by atoms with Crippen LogP contribution in [0, 0.1) is 0 Å². The van der Waals surface area contributed by atoms with Gasteiger partial charge in [0.05, 0.1) is 26.0 Å². The highest BCUT2D eigenvalue weighted by molar-refractivity contribution is 5.63. The molecule has 1 fully saturated rings. The maximum absolute atomic E-state index is 6.05. The van der Waals surface area contributed by atoms with E-state index in [9.17, 15) is 0 Å². The fourth-order valence-electron chi connectivity index (χ4n) is 2.83. The van der Waals surface area contributed by atoms with E-state index in [-0.39, 0.29) is 5.95 Å². The van der Waals surface area contributed by atoms with Crippen molar-refractivity contribution in [1.29, 1.82) is 0 Å². The van der Waals surface area contributed by atoms with Crippen molar-refractivity contribution in [2.75, 3.05) is 49.4 Å². The molecule has 0 saturated carbocycles. The molecule has 0 aliphatic carbocycles. The standard InChI is InChI=1S/C17H20N8O2/c1-26-13-5-3-2-4-12(13)21-17-22-16(18)25(23-17)15-10-14(19-11-20-15)24-6-8-27-9-7-24/h2-5,10-11H,6-9H2,1H3,(H3,18,21,22,23). The van der Waals surface area contributed by atoms with Crippen LogP contribution in [0.2, 0.25) is 0 Å². The number of morpholine rings is 1. The van der Waals surface area contributed by atoms with Crippen molar-refractivity contribution < 1.29 is 9.47 Å². The maximum atomic E-state index is 6.05. The number of rotatable bonds is 5. The van der Waals surface area contributed by atoms with Gasteiger partial charge in [0.25, 0.3) is 0 Å². The fraction of sp³-hybridized carbons (Fsp3) is 0.294. The molecule has 0 radical (unpaired) electrons. The number of hydrogen-bond acceptors (Lipinski definition) is 9. The van der Waals surface area contributed by atoms with Gasteiger partial charge in [0, 0.05) is 19.2 Å². The molecule has 2 aromatic heterocycles. The molecule has 1 aliphatic rings. The zero-order valence-electron chi connectivity index (χ0n) is 14.9. The number of benzene rings is 1. The summed E-state index contributed by atoms with van der Waals surface area (Å²) < 4.78 is 12.2. The Labute approximate surface area is 156 Å². The summed E-state index contributed by atoms with van der Waals surface area (Å²) in [6.07, 6.45) is 1.49. The summed E-state index contributed by atoms with van der Waals surface area (Å²) in [4.78, 5) is 15.0. The molecule has 140 valence electrons. The van der Waals surface area contributed by atoms with E-state index in [4.69, 9.17) is 15.2 Å². The van der Waals surface area contributed by atoms with Crippen LogP contribution >= 0.6 is 0 Å². The predicted octanol–water partition coefficient (Wildman–Crippen LogP) is 1.23. The van der Waals surface area contributed by atoms with Gasteiger partial charge in [-0.2, -0.15) is 9.67 Å². The van der Waals surface area contributed by atoms with Crippen molar-refractivity contribution in [1.82, 2.24) is 24.7 Å². The summed E-state index contributed by atoms with van der Waals surface area (Å²) in [7, 11) is 1.61. The number of ether oxygens (including phenoxy) is 2. The minimum absolute atomic E-state index is 0.221. The van der Waals surface area contributed by atoms with Gasteiger partial charge in [0.1, 0.15) is 17.9 Å². The maximum Gasteiger partial charge on any atom is 0.249 e. The Morgan fingerprint density at radius 3 is 2.74 bits per heavy atom. The number of anilines is 4. The van der Waals surface area contributed by atoms with Crippen molar-refractivity contribution in [2.24, 2.45) is 0 Å². The Bertz CT molecular complexity index is 923. The number of nitrogens with one attached hydrogen (secondary N) is 1. The molecule has 0 bridgehead atoms. The molecule has 0 unspecified atom stereocenters. The third kappa shape index (κ3) is 3.60. The normalized spacial score (nSPS) is 14.2. The molecule has 1 saturated heterocycles. The van der Waals surface area contributed by atoms with E-state index in [1.165, 1.54) is 11.0 Å². The van der Waals surface area contributed by atoms with Crippen LogP contribution in [0.25, 0.3) is 5.82 Å². The first-order chi connectivity index (χ1) is 13.2. The number of methoxy groups -OCH3 is 1. The van der Waals surface area contributed by atoms with Crippen LogP contribution in [-0.2, 0) is 4.74 Å². The Balaban J connectivity index is 1.60. The molecular formula is C17H20N8O2. The van der Waals surface area contributed by atoms with Gasteiger partial charge in [-0.15, -0.1) is 5.10 Å². The number of nitrogens with zero attached hydrogens (tertiary/aromatic N) is 6. The first kappa shape index (κ1) is 17.0. The van der Waals surface area contributed by atoms with E-state index in [0.717, 1.165) is 24.6 Å². The SMILES string of the molecule is COc1ccccc1Nc1nc(N)n(-c2cc(N3CCOCC3)ncn2)n1. The summed E-state index contributed by atoms with van der Waals surface area (Å²) >= 11 is 0. The smallest absolute Gasteiger partial charge is 0.249 e. The van der Waals surface area contributed by atoms with Crippen molar-refractivity contribution in [2.45, 2.75) is 0 Å². The van der Waals surface area contributed by atoms with Gasteiger partial charge in [0.15, 0.2) is 5.82 Å². The number of nitrogen functional groups attached to an aromatic ring is 1. The second-order valence-corrected chi connectivity index (χ2v) is 5.86. The number of para-hydroxylation sites is 2. The average Bonchev–Trinajstić information content (AvgIpc) is 3.09. The average molecular weight is 368 g/mol. The van der Waals surface area contributed by atoms with Gasteiger partial charge in [0.2, 0.25) is 11.9 Å². The Morgan fingerprint density at radius 1 is 1.15 bits per heavy atom. The first-order valence-corrected chi connectivity index (χ1v) is 8.52. The topological polar surface area (TPSA) is 116 Å². The molecule has 10 nitrogen and oxygen atoms in total. The molecule has 3 aromatic rings. The van der Waals surface area contributed by atoms with Crippen LogP contribution in [-0.4, -0.2) is 58.1 Å². The molecule has 4 rings (SSSR count). The summed E-state index contributed by atoms with van der Waals surface area (Å²) in [5.74, 6) is 2.61. The highest BCUT2D eigenvalue weighted by Gasteiger charge is 2.16. The van der Waals surface area contributed by atoms with E-state index in [1.807, 2.05) is 30.3 Å². The molecule has 0 atom stereocenters. The largest absolute Gasteiger partial charge is 0.495 e. The third-order valence-electron chi connectivity index (χ3n) is 4.18. The Hall–Kier alpha value is -3.40. The molecule has 3 N–H and O–H groups in total. The van der Waals surface area contributed by atoms with Crippen LogP contribution in [0.3, 0.4) is 0 Å². The molecule has 0 spiro atoms. The molecular weight excluding hydrogens is 348 g/mol. The lowest BCUT2D eigenvalue weighted by molar-refractivity contribution is 0.122. The lowest BCUT2D eigenvalue weighted by atomic mass is 10.3. The Morgan fingerprint density at radius 2 is 1.93 bits per heavy atom. The van der Waals surface area contributed by atoms with Crippen LogP contribution < -0.4 is 20.7 Å². The summed E-state index contributed by atoms with van der Waals surface area (Å²) in [6, 6.07) is 9.34. The van der Waals surface area contributed by atoms with Gasteiger partial charge in [-0.3, -0.25) is 0 Å². The Kier molecular flexibility index (Phi) is 4.71. The lowest BCUT2D eigenvalue weighted by Gasteiger charge is -2.27. The number of hydrogen-bond donors (Lipinski definition) is 2. The van der Waals surface area contributed by atoms with E-state index in [1.54, 1.807) is 7.11 Å². The van der Waals surface area contributed by atoms with Crippen LogP contribution in [0.1, 0.15) is 0 Å². The van der Waals surface area contributed by atoms with Crippen molar-refractivity contribution in [3.8, 4) is 11.6 Å². The molecule has 1 aromatic carbocycles. The first-order valence-electron chi connectivity index (χ1n) is 8.52. The molecule has 3 heterocycles. The van der Waals surface area contributed by atoms with Crippen molar-refractivity contribution in [3.63, 3.8) is 0 Å². The zero-order valence-corrected chi connectivity index (χ0v) is 14.9. The summed E-state index contributed by atoms with van der Waals surface area (Å²) in [5.41, 5.74) is 6.79. The second-order valence-electron chi connectivity index (χ2n) is 5.86. The minimum atomic E-state index is 0.221. The van der Waals surface area contributed by atoms with E-state index in [2.05, 4.69) is 30.3 Å². The van der Waals surface area contributed by atoms with Crippen LogP contribution in [0.15, 0.2) is 36.7 Å². The molecule has 10 heteroatoms. The van der Waals surface area contributed by atoms with Gasteiger partial charge in [-0.25, -0.2) is 9.97 Å². The monoisotopic (exact) mass is 368 g/mol. The van der Waals surface area contributed by atoms with Gasteiger partial charge < -0.3 is 25.4 Å². The quantitative estimate of drug-likeness (QED) is 0.686.